The number of pyridine rings is 1. The fourth-order valence-electron chi connectivity index (χ4n) is 1.20. The number of aromatic nitrogens is 1. The van der Waals surface area contributed by atoms with Crippen LogP contribution < -0.4 is 9.47 Å². The molecule has 1 aromatic heterocycles. The van der Waals surface area contributed by atoms with Gasteiger partial charge in [0.1, 0.15) is 5.75 Å². The predicted octanol–water partition coefficient (Wildman–Crippen LogP) is 2.55. The number of hydrogen-bond donors (Lipinski definition) is 0. The fraction of sp³-hybridized carbons (Fsp3) is 0.545. The maximum Gasteiger partial charge on any atom is 0.219 e. The lowest BCUT2D eigenvalue weighted by Crippen LogP contribution is -2.08. The van der Waals surface area contributed by atoms with Gasteiger partial charge >= 0.3 is 0 Å². The average molecular weight is 211 g/mol. The van der Waals surface area contributed by atoms with Crippen LogP contribution in [0.4, 0.5) is 4.39 Å². The minimum Gasteiger partial charge on any atom is -0.490 e. The molecule has 2 rings (SSSR count). The van der Waals surface area contributed by atoms with Crippen LogP contribution in [0.5, 0.6) is 11.6 Å². The summed E-state index contributed by atoms with van der Waals surface area (Å²) in [5.74, 6) is 0.213. The van der Waals surface area contributed by atoms with Gasteiger partial charge in [0.25, 0.3) is 0 Å². The number of ether oxygens (including phenoxy) is 2. The summed E-state index contributed by atoms with van der Waals surface area (Å²) in [4.78, 5) is 3.63. The Labute approximate surface area is 88.2 Å². The maximum absolute atomic E-state index is 13.1. The van der Waals surface area contributed by atoms with E-state index in [9.17, 15) is 4.39 Å². The second kappa shape index (κ2) is 4.04. The molecule has 1 aliphatic rings. The third-order valence-corrected chi connectivity index (χ3v) is 1.93. The van der Waals surface area contributed by atoms with Crippen LogP contribution in [-0.2, 0) is 0 Å². The highest BCUT2D eigenvalue weighted by molar-refractivity contribution is 5.27. The topological polar surface area (TPSA) is 31.4 Å². The molecule has 0 N–H and O–H groups in total. The predicted molar refractivity (Wildman–Crippen MR) is 53.6 cm³/mol. The van der Waals surface area contributed by atoms with Gasteiger partial charge in [0.05, 0.1) is 12.2 Å². The van der Waals surface area contributed by atoms with E-state index < -0.39 is 5.95 Å². The van der Waals surface area contributed by atoms with Crippen molar-refractivity contribution in [2.45, 2.75) is 38.9 Å². The van der Waals surface area contributed by atoms with Crippen LogP contribution in [-0.4, -0.2) is 17.2 Å². The zero-order valence-corrected chi connectivity index (χ0v) is 8.87. The molecule has 1 aliphatic carbocycles. The zero-order valence-electron chi connectivity index (χ0n) is 8.87. The van der Waals surface area contributed by atoms with Gasteiger partial charge in [-0.05, 0) is 26.7 Å². The molecule has 1 fully saturated rings. The first kappa shape index (κ1) is 10.2. The summed E-state index contributed by atoms with van der Waals surface area (Å²) in [5.41, 5.74) is 0. The molecule has 0 aliphatic heterocycles. The second-order valence-corrected chi connectivity index (χ2v) is 3.95. The van der Waals surface area contributed by atoms with Gasteiger partial charge in [0.15, 0.2) is 0 Å². The summed E-state index contributed by atoms with van der Waals surface area (Å²) < 4.78 is 23.9. The highest BCUT2D eigenvalue weighted by atomic mass is 19.1. The monoisotopic (exact) mass is 211 g/mol. The summed E-state index contributed by atoms with van der Waals surface area (Å²) in [7, 11) is 0. The van der Waals surface area contributed by atoms with Gasteiger partial charge in [0, 0.05) is 12.1 Å². The van der Waals surface area contributed by atoms with E-state index in [1.165, 1.54) is 6.07 Å². The second-order valence-electron chi connectivity index (χ2n) is 3.95. The van der Waals surface area contributed by atoms with Crippen molar-refractivity contribution in [3.63, 3.8) is 0 Å². The Kier molecular flexibility index (Phi) is 2.75. The van der Waals surface area contributed by atoms with Crippen LogP contribution in [0.15, 0.2) is 12.1 Å². The first-order chi connectivity index (χ1) is 7.13. The van der Waals surface area contributed by atoms with Crippen LogP contribution in [0.1, 0.15) is 26.7 Å². The number of halogens is 1. The third-order valence-electron chi connectivity index (χ3n) is 1.93. The van der Waals surface area contributed by atoms with Gasteiger partial charge in [-0.25, -0.2) is 0 Å². The standard InChI is InChI=1S/C11H14FNO2/c1-7(2)14-11-6-9(5-10(12)13-11)15-8-3-4-8/h5-8H,3-4H2,1-2H3. The molecule has 0 aromatic carbocycles. The van der Waals surface area contributed by atoms with Crippen LogP contribution in [0.2, 0.25) is 0 Å². The molecule has 0 amide bonds. The first-order valence-corrected chi connectivity index (χ1v) is 5.14. The largest absolute Gasteiger partial charge is 0.490 e. The molecule has 4 heteroatoms. The molecule has 82 valence electrons. The molecular weight excluding hydrogens is 197 g/mol. The summed E-state index contributed by atoms with van der Waals surface area (Å²) in [6, 6.07) is 2.91. The quantitative estimate of drug-likeness (QED) is 0.717. The zero-order chi connectivity index (χ0) is 10.8. The molecule has 1 heterocycles. The lowest BCUT2D eigenvalue weighted by atomic mass is 10.4. The van der Waals surface area contributed by atoms with Gasteiger partial charge in [-0.15, -0.1) is 0 Å². The molecule has 15 heavy (non-hydrogen) atoms. The lowest BCUT2D eigenvalue weighted by molar-refractivity contribution is 0.226. The van der Waals surface area contributed by atoms with Crippen molar-refractivity contribution >= 4 is 0 Å². The van der Waals surface area contributed by atoms with Crippen molar-refractivity contribution in [2.75, 3.05) is 0 Å². The summed E-state index contributed by atoms with van der Waals surface area (Å²) in [5, 5.41) is 0. The molecular formula is C11H14FNO2. The van der Waals surface area contributed by atoms with Crippen LogP contribution >= 0.6 is 0 Å². The molecule has 0 spiro atoms. The Hall–Kier alpha value is -1.32. The van der Waals surface area contributed by atoms with Crippen molar-refractivity contribution in [3.05, 3.63) is 18.1 Å². The number of hydrogen-bond acceptors (Lipinski definition) is 3. The van der Waals surface area contributed by atoms with Crippen LogP contribution in [0.3, 0.4) is 0 Å². The van der Waals surface area contributed by atoms with E-state index in [0.717, 1.165) is 12.8 Å². The fourth-order valence-corrected chi connectivity index (χ4v) is 1.20. The van der Waals surface area contributed by atoms with E-state index in [1.54, 1.807) is 6.07 Å². The van der Waals surface area contributed by atoms with E-state index in [4.69, 9.17) is 9.47 Å². The van der Waals surface area contributed by atoms with Crippen LogP contribution in [0.25, 0.3) is 0 Å². The molecule has 1 saturated carbocycles. The van der Waals surface area contributed by atoms with Gasteiger partial charge < -0.3 is 9.47 Å². The van der Waals surface area contributed by atoms with E-state index >= 15 is 0 Å². The average Bonchev–Trinajstić information content (AvgIpc) is 2.85. The van der Waals surface area contributed by atoms with Gasteiger partial charge in [0.2, 0.25) is 11.8 Å². The van der Waals surface area contributed by atoms with Gasteiger partial charge in [-0.1, -0.05) is 0 Å². The first-order valence-electron chi connectivity index (χ1n) is 5.14. The Morgan fingerprint density at radius 2 is 2.13 bits per heavy atom. The van der Waals surface area contributed by atoms with Crippen LogP contribution in [0, 0.1) is 5.95 Å². The summed E-state index contributed by atoms with van der Waals surface area (Å²) in [6.07, 6.45) is 2.32. The van der Waals surface area contributed by atoms with Crippen molar-refractivity contribution in [2.24, 2.45) is 0 Å². The van der Waals surface area contributed by atoms with Crippen molar-refractivity contribution < 1.29 is 13.9 Å². The summed E-state index contributed by atoms with van der Waals surface area (Å²) >= 11 is 0. The minimum absolute atomic E-state index is 0.0203. The van der Waals surface area contributed by atoms with Crippen molar-refractivity contribution in [1.29, 1.82) is 0 Å². The van der Waals surface area contributed by atoms with Gasteiger partial charge in [-0.2, -0.15) is 9.37 Å². The Morgan fingerprint density at radius 3 is 2.73 bits per heavy atom. The molecule has 0 unspecified atom stereocenters. The Bertz CT molecular complexity index is 328. The lowest BCUT2D eigenvalue weighted by Gasteiger charge is -2.10. The van der Waals surface area contributed by atoms with E-state index in [0.29, 0.717) is 5.75 Å². The van der Waals surface area contributed by atoms with Crippen molar-refractivity contribution in [3.8, 4) is 11.6 Å². The molecule has 1 aromatic rings. The van der Waals surface area contributed by atoms with Crippen molar-refractivity contribution in [1.82, 2.24) is 4.98 Å². The molecule has 0 bridgehead atoms. The SMILES string of the molecule is CC(C)Oc1cc(OC2CC2)cc(F)n1. The third kappa shape index (κ3) is 3.08. The molecule has 0 radical (unpaired) electrons. The number of rotatable bonds is 4. The summed E-state index contributed by atoms with van der Waals surface area (Å²) in [6.45, 7) is 3.74. The normalized spacial score (nSPS) is 15.5. The Morgan fingerprint density at radius 1 is 1.40 bits per heavy atom. The molecule has 0 atom stereocenters. The molecule has 0 saturated heterocycles. The maximum atomic E-state index is 13.1. The minimum atomic E-state index is -0.566. The van der Waals surface area contributed by atoms with Gasteiger partial charge in [-0.3, -0.25) is 0 Å². The highest BCUT2D eigenvalue weighted by Crippen LogP contribution is 2.28. The van der Waals surface area contributed by atoms with E-state index in [1.807, 2.05) is 13.8 Å². The molecule has 3 nitrogen and oxygen atoms in total. The Balaban J connectivity index is 2.11. The van der Waals surface area contributed by atoms with E-state index in [-0.39, 0.29) is 18.1 Å². The smallest absolute Gasteiger partial charge is 0.219 e. The highest BCUT2D eigenvalue weighted by Gasteiger charge is 2.24. The van der Waals surface area contributed by atoms with E-state index in [2.05, 4.69) is 4.98 Å². The number of nitrogens with zero attached hydrogens (tertiary/aromatic N) is 1.